The summed E-state index contributed by atoms with van der Waals surface area (Å²) >= 11 is 0. The van der Waals surface area contributed by atoms with Gasteiger partial charge in [-0.25, -0.2) is 0 Å². The number of fused-ring (bicyclic) bond motifs is 1. The molecule has 5 heteroatoms. The lowest BCUT2D eigenvalue weighted by Gasteiger charge is -2.14. The smallest absolute Gasteiger partial charge is 0.281 e. The van der Waals surface area contributed by atoms with Crippen LogP contribution in [0.5, 0.6) is 11.5 Å². The third kappa shape index (κ3) is 2.20. The summed E-state index contributed by atoms with van der Waals surface area (Å²) in [5.74, 6) is 1.71. The molecule has 5 nitrogen and oxygen atoms in total. The highest BCUT2D eigenvalue weighted by atomic mass is 16.5. The Bertz CT molecular complexity index is 886. The number of aryl methyl sites for hydroxylation is 1. The quantitative estimate of drug-likeness (QED) is 0.745. The van der Waals surface area contributed by atoms with Crippen molar-refractivity contribution in [1.82, 2.24) is 9.55 Å². The number of aromatic nitrogens is 2. The molecule has 0 unspecified atom stereocenters. The van der Waals surface area contributed by atoms with E-state index in [0.717, 1.165) is 11.1 Å². The first-order valence-electron chi connectivity index (χ1n) is 6.84. The molecule has 1 heterocycles. The van der Waals surface area contributed by atoms with Crippen molar-refractivity contribution < 1.29 is 9.47 Å². The van der Waals surface area contributed by atoms with Gasteiger partial charge in [-0.15, -0.1) is 0 Å². The van der Waals surface area contributed by atoms with Crippen LogP contribution in [0.3, 0.4) is 0 Å². The molecule has 112 valence electrons. The Kier molecular flexibility index (Phi) is 3.55. The molecule has 0 saturated heterocycles. The normalized spacial score (nSPS) is 10.7. The zero-order valence-corrected chi connectivity index (χ0v) is 12.7. The third-order valence-corrected chi connectivity index (χ3v) is 3.65. The molecule has 0 radical (unpaired) electrons. The zero-order chi connectivity index (χ0) is 15.7. The standard InChI is InChI=1S/C17H16N2O3/c1-19-13-10-15(22-3)14(21-2)9-12(13)17(20)18-16(19)11-7-5-4-6-8-11/h4-10H,1-3H3. The van der Waals surface area contributed by atoms with Crippen molar-refractivity contribution in [3.8, 4) is 22.9 Å². The van der Waals surface area contributed by atoms with Crippen LogP contribution in [0.2, 0.25) is 0 Å². The molecule has 0 amide bonds. The summed E-state index contributed by atoms with van der Waals surface area (Å²) in [7, 11) is 4.99. The molecule has 0 aliphatic carbocycles. The van der Waals surface area contributed by atoms with Crippen molar-refractivity contribution in [2.24, 2.45) is 7.05 Å². The Morgan fingerprint density at radius 2 is 1.64 bits per heavy atom. The largest absolute Gasteiger partial charge is 0.493 e. The highest BCUT2D eigenvalue weighted by Gasteiger charge is 2.14. The van der Waals surface area contributed by atoms with Crippen LogP contribution in [0.4, 0.5) is 0 Å². The van der Waals surface area contributed by atoms with E-state index in [0.29, 0.717) is 22.7 Å². The SMILES string of the molecule is COc1cc2c(=O)nc(-c3ccccc3)n(C)c2cc1OC. The van der Waals surface area contributed by atoms with Crippen LogP contribution in [-0.4, -0.2) is 23.8 Å². The molecule has 0 atom stereocenters. The van der Waals surface area contributed by atoms with E-state index in [9.17, 15) is 4.79 Å². The van der Waals surface area contributed by atoms with Crippen LogP contribution in [0.1, 0.15) is 0 Å². The summed E-state index contributed by atoms with van der Waals surface area (Å²) in [6, 6.07) is 13.1. The van der Waals surface area contributed by atoms with Crippen molar-refractivity contribution in [3.05, 3.63) is 52.8 Å². The highest BCUT2D eigenvalue weighted by molar-refractivity contribution is 5.84. The van der Waals surface area contributed by atoms with Gasteiger partial charge in [0.1, 0.15) is 5.82 Å². The Morgan fingerprint density at radius 1 is 1.00 bits per heavy atom. The van der Waals surface area contributed by atoms with Crippen molar-refractivity contribution in [3.63, 3.8) is 0 Å². The van der Waals surface area contributed by atoms with Crippen LogP contribution in [0.25, 0.3) is 22.3 Å². The monoisotopic (exact) mass is 296 g/mol. The fourth-order valence-corrected chi connectivity index (χ4v) is 2.51. The van der Waals surface area contributed by atoms with E-state index in [1.807, 2.05) is 41.9 Å². The summed E-state index contributed by atoms with van der Waals surface area (Å²) < 4.78 is 12.5. The number of nitrogens with zero attached hydrogens (tertiary/aromatic N) is 2. The van der Waals surface area contributed by atoms with Gasteiger partial charge < -0.3 is 14.0 Å². The van der Waals surface area contributed by atoms with Crippen LogP contribution in [-0.2, 0) is 7.05 Å². The Labute approximate surface area is 127 Å². The van der Waals surface area contributed by atoms with Gasteiger partial charge in [0.15, 0.2) is 11.5 Å². The van der Waals surface area contributed by atoms with Gasteiger partial charge in [0, 0.05) is 18.7 Å². The lowest BCUT2D eigenvalue weighted by molar-refractivity contribution is 0.355. The summed E-state index contributed by atoms with van der Waals surface area (Å²) in [5.41, 5.74) is 1.35. The van der Waals surface area contributed by atoms with E-state index < -0.39 is 0 Å². The molecule has 3 aromatic rings. The van der Waals surface area contributed by atoms with E-state index in [4.69, 9.17) is 9.47 Å². The van der Waals surface area contributed by atoms with Gasteiger partial charge in [-0.3, -0.25) is 4.79 Å². The van der Waals surface area contributed by atoms with Crippen LogP contribution in [0, 0.1) is 0 Å². The Morgan fingerprint density at radius 3 is 2.27 bits per heavy atom. The Balaban J connectivity index is 2.36. The summed E-state index contributed by atoms with van der Waals surface area (Å²) in [4.78, 5) is 16.6. The molecule has 0 N–H and O–H groups in total. The van der Waals surface area contributed by atoms with E-state index in [-0.39, 0.29) is 5.56 Å². The molecule has 2 aromatic carbocycles. The highest BCUT2D eigenvalue weighted by Crippen LogP contribution is 2.31. The fraction of sp³-hybridized carbons (Fsp3) is 0.176. The van der Waals surface area contributed by atoms with Crippen LogP contribution < -0.4 is 15.0 Å². The summed E-state index contributed by atoms with van der Waals surface area (Å²) in [5, 5.41) is 0.500. The van der Waals surface area contributed by atoms with E-state index >= 15 is 0 Å². The van der Waals surface area contributed by atoms with Gasteiger partial charge in [-0.2, -0.15) is 4.98 Å². The number of benzene rings is 2. The van der Waals surface area contributed by atoms with Gasteiger partial charge in [0.05, 0.1) is 25.1 Å². The van der Waals surface area contributed by atoms with Crippen molar-refractivity contribution in [2.45, 2.75) is 0 Å². The van der Waals surface area contributed by atoms with Gasteiger partial charge in [-0.05, 0) is 6.07 Å². The predicted octanol–water partition coefficient (Wildman–Crippen LogP) is 2.62. The molecular formula is C17H16N2O3. The second kappa shape index (κ2) is 5.52. The second-order valence-corrected chi connectivity index (χ2v) is 4.89. The van der Waals surface area contributed by atoms with Crippen LogP contribution in [0.15, 0.2) is 47.3 Å². The first kappa shape index (κ1) is 14.1. The summed E-state index contributed by atoms with van der Waals surface area (Å²) in [6.45, 7) is 0. The van der Waals surface area contributed by atoms with Gasteiger partial charge in [0.2, 0.25) is 0 Å². The topological polar surface area (TPSA) is 53.3 Å². The number of hydrogen-bond donors (Lipinski definition) is 0. The Hall–Kier alpha value is -2.82. The van der Waals surface area contributed by atoms with Gasteiger partial charge in [0.25, 0.3) is 5.56 Å². The maximum absolute atomic E-state index is 12.4. The average molecular weight is 296 g/mol. The number of methoxy groups -OCH3 is 2. The maximum atomic E-state index is 12.4. The molecule has 0 bridgehead atoms. The number of ether oxygens (including phenoxy) is 2. The minimum atomic E-state index is -0.284. The molecular weight excluding hydrogens is 280 g/mol. The maximum Gasteiger partial charge on any atom is 0.281 e. The lowest BCUT2D eigenvalue weighted by Crippen LogP contribution is -2.14. The third-order valence-electron chi connectivity index (χ3n) is 3.65. The second-order valence-electron chi connectivity index (χ2n) is 4.89. The van der Waals surface area contributed by atoms with Crippen molar-refractivity contribution in [2.75, 3.05) is 14.2 Å². The van der Waals surface area contributed by atoms with Gasteiger partial charge >= 0.3 is 0 Å². The first-order valence-corrected chi connectivity index (χ1v) is 6.84. The molecule has 0 saturated carbocycles. The first-order chi connectivity index (χ1) is 10.7. The zero-order valence-electron chi connectivity index (χ0n) is 12.7. The minimum Gasteiger partial charge on any atom is -0.493 e. The van der Waals surface area contributed by atoms with Crippen molar-refractivity contribution >= 4 is 10.9 Å². The van der Waals surface area contributed by atoms with E-state index in [1.54, 1.807) is 26.4 Å². The van der Waals surface area contributed by atoms with Crippen molar-refractivity contribution in [1.29, 1.82) is 0 Å². The lowest BCUT2D eigenvalue weighted by atomic mass is 10.1. The molecule has 0 fully saturated rings. The molecule has 1 aromatic heterocycles. The van der Waals surface area contributed by atoms with Crippen LogP contribution >= 0.6 is 0 Å². The molecule has 0 aliphatic rings. The molecule has 3 rings (SSSR count). The minimum absolute atomic E-state index is 0.284. The van der Waals surface area contributed by atoms with E-state index in [2.05, 4.69) is 4.98 Å². The molecule has 0 spiro atoms. The molecule has 0 aliphatic heterocycles. The average Bonchev–Trinajstić information content (AvgIpc) is 2.57. The number of rotatable bonds is 3. The fourth-order valence-electron chi connectivity index (χ4n) is 2.51. The van der Waals surface area contributed by atoms with E-state index in [1.165, 1.54) is 0 Å². The van der Waals surface area contributed by atoms with Gasteiger partial charge in [-0.1, -0.05) is 30.3 Å². The molecule has 22 heavy (non-hydrogen) atoms. The summed E-state index contributed by atoms with van der Waals surface area (Å²) in [6.07, 6.45) is 0. The number of hydrogen-bond acceptors (Lipinski definition) is 4. The predicted molar refractivity (Wildman–Crippen MR) is 85.5 cm³/mol.